The number of anilines is 1. The van der Waals surface area contributed by atoms with Crippen molar-refractivity contribution in [3.8, 4) is 0 Å². The van der Waals surface area contributed by atoms with E-state index in [1.165, 1.54) is 6.92 Å². The van der Waals surface area contributed by atoms with Gasteiger partial charge in [-0.15, -0.1) is 0 Å². The Kier molecular flexibility index (Phi) is 5.66. The van der Waals surface area contributed by atoms with E-state index in [2.05, 4.69) is 10.4 Å². The first-order chi connectivity index (χ1) is 16.3. The number of hydrogen-bond donors (Lipinski definition) is 3. The fraction of sp³-hybridized carbons (Fsp3) is 0.550. The predicted octanol–water partition coefficient (Wildman–Crippen LogP) is 4.06. The van der Waals surface area contributed by atoms with Crippen LogP contribution in [0, 0.1) is 10.2 Å². The molecule has 2 aromatic heterocycles. The van der Waals surface area contributed by atoms with Crippen LogP contribution in [0.15, 0.2) is 23.4 Å². The van der Waals surface area contributed by atoms with Gasteiger partial charge in [0.2, 0.25) is 12.1 Å². The van der Waals surface area contributed by atoms with Crippen molar-refractivity contribution in [2.75, 3.05) is 11.6 Å². The van der Waals surface area contributed by atoms with Crippen LogP contribution in [0.4, 0.5) is 36.4 Å². The van der Waals surface area contributed by atoms with Crippen molar-refractivity contribution >= 4 is 21.3 Å². The quantitative estimate of drug-likeness (QED) is 0.289. The number of aromatic nitrogens is 3. The second-order valence-electron chi connectivity index (χ2n) is 9.68. The fourth-order valence-corrected chi connectivity index (χ4v) is 5.28. The van der Waals surface area contributed by atoms with Gasteiger partial charge in [0.25, 0.3) is 5.91 Å². The summed E-state index contributed by atoms with van der Waals surface area (Å²) >= 11 is 0. The Morgan fingerprint density at radius 2 is 1.94 bits per heavy atom. The lowest BCUT2D eigenvalue weighted by atomic mass is 9.67. The van der Waals surface area contributed by atoms with E-state index in [0.717, 1.165) is 24.6 Å². The molecule has 0 aliphatic heterocycles. The van der Waals surface area contributed by atoms with Gasteiger partial charge in [-0.3, -0.25) is 14.7 Å². The van der Waals surface area contributed by atoms with Gasteiger partial charge in [-0.2, -0.15) is 18.3 Å². The number of nitrogens with zero attached hydrogens (tertiary/aromatic N) is 3. The van der Waals surface area contributed by atoms with Crippen LogP contribution in [-0.4, -0.2) is 43.5 Å². The molecule has 8 nitrogen and oxygen atoms in total. The summed E-state index contributed by atoms with van der Waals surface area (Å²) in [5, 5.41) is 14.9. The minimum absolute atomic E-state index is 0.282. The van der Waals surface area contributed by atoms with E-state index in [1.807, 2.05) is 0 Å². The van der Waals surface area contributed by atoms with E-state index in [0.29, 0.717) is 9.41 Å². The zero-order valence-corrected chi connectivity index (χ0v) is 19.6. The summed E-state index contributed by atoms with van der Waals surface area (Å²) in [6, 6.07) is 1.90. The third-order valence-corrected chi connectivity index (χ3v) is 7.22. The van der Waals surface area contributed by atoms with Crippen molar-refractivity contribution in [2.24, 2.45) is 5.41 Å². The lowest BCUT2D eigenvalue weighted by Crippen LogP contribution is -2.47. The number of carbonyl (C=O) groups excluding carboxylic acids is 1. The summed E-state index contributed by atoms with van der Waals surface area (Å²) in [6.45, 7) is 0.740. The Morgan fingerprint density at radius 3 is 2.42 bits per heavy atom. The molecule has 2 aliphatic rings. The third-order valence-electron chi connectivity index (χ3n) is 6.12. The van der Waals surface area contributed by atoms with E-state index in [-0.39, 0.29) is 5.69 Å². The number of rotatable bonds is 6. The number of nitrogens with one attached hydrogen (secondary N) is 2. The standard InChI is InChI=1S/C20H20F7N5O3S/c1-17(7-18(22,23)8-17)9-31-14(13(20(25,26)27)15(30-31)19(24)6-11(19)21)16(33)29-10-3-4-32(34)12(5-10)36(2,28)35/h3-5,11,28,34H,6-9H2,1-2H3/p+1. The van der Waals surface area contributed by atoms with Crippen LogP contribution in [0.3, 0.4) is 0 Å². The van der Waals surface area contributed by atoms with E-state index in [1.54, 1.807) is 0 Å². The Balaban J connectivity index is 1.81. The van der Waals surface area contributed by atoms with E-state index in [4.69, 9.17) is 4.78 Å². The molecule has 2 aromatic rings. The highest BCUT2D eigenvalue weighted by Crippen LogP contribution is 2.56. The molecule has 0 radical (unpaired) electrons. The highest BCUT2D eigenvalue weighted by atomic mass is 32.2. The minimum atomic E-state index is -5.36. The number of alkyl halides is 7. The second-order valence-corrected chi connectivity index (χ2v) is 11.8. The number of hydrogen-bond acceptors (Lipinski definition) is 5. The molecule has 2 fully saturated rings. The van der Waals surface area contributed by atoms with Crippen molar-refractivity contribution in [2.45, 2.75) is 61.7 Å². The highest BCUT2D eigenvalue weighted by molar-refractivity contribution is 7.91. The zero-order chi connectivity index (χ0) is 27.1. The first-order valence-electron chi connectivity index (χ1n) is 10.5. The molecule has 2 heterocycles. The van der Waals surface area contributed by atoms with Crippen LogP contribution in [0.1, 0.15) is 47.9 Å². The van der Waals surface area contributed by atoms with Crippen molar-refractivity contribution in [1.29, 1.82) is 4.78 Å². The van der Waals surface area contributed by atoms with Gasteiger partial charge in [0.15, 0.2) is 5.67 Å². The maximum atomic E-state index is 14.9. The molecule has 0 aromatic carbocycles. The normalized spacial score (nSPS) is 26.1. The number of carbonyl (C=O) groups is 1. The fourth-order valence-electron chi connectivity index (χ4n) is 4.51. The smallest absolute Gasteiger partial charge is 0.320 e. The van der Waals surface area contributed by atoms with Crippen LogP contribution >= 0.6 is 0 Å². The van der Waals surface area contributed by atoms with Gasteiger partial charge >= 0.3 is 11.2 Å². The summed E-state index contributed by atoms with van der Waals surface area (Å²) in [4.78, 5) is 13.1. The molecule has 2 aliphatic carbocycles. The largest absolute Gasteiger partial charge is 0.420 e. The molecule has 3 atom stereocenters. The van der Waals surface area contributed by atoms with Crippen molar-refractivity contribution in [1.82, 2.24) is 9.78 Å². The van der Waals surface area contributed by atoms with Gasteiger partial charge in [-0.05, 0) is 5.41 Å². The first kappa shape index (κ1) is 26.2. The molecule has 1 amide bonds. The molecule has 0 saturated heterocycles. The second kappa shape index (κ2) is 7.79. The third kappa shape index (κ3) is 4.62. The van der Waals surface area contributed by atoms with Crippen LogP contribution in [-0.2, 0) is 28.1 Å². The van der Waals surface area contributed by atoms with E-state index in [9.17, 15) is 44.9 Å². The molecule has 16 heteroatoms. The van der Waals surface area contributed by atoms with Gasteiger partial charge in [0, 0.05) is 48.9 Å². The maximum Gasteiger partial charge on any atom is 0.420 e. The van der Waals surface area contributed by atoms with Crippen LogP contribution in [0.25, 0.3) is 0 Å². The van der Waals surface area contributed by atoms with Crippen LogP contribution in [0.2, 0.25) is 0 Å². The summed E-state index contributed by atoms with van der Waals surface area (Å²) in [7, 11) is -3.54. The van der Waals surface area contributed by atoms with Gasteiger partial charge in [0.1, 0.15) is 32.9 Å². The Labute approximate surface area is 200 Å². The Bertz CT molecular complexity index is 1350. The SMILES string of the molecule is CC1(Cn2nc(C3(F)CC3F)c(C(F)(F)F)c2C(=O)Nc2cc[n+](O)c(S(C)(=N)=O)c2)CC(F)(F)C1. The predicted molar refractivity (Wildman–Crippen MR) is 109 cm³/mol. The molecule has 4 rings (SSSR count). The Hall–Kier alpha value is -2.91. The zero-order valence-electron chi connectivity index (χ0n) is 18.8. The monoisotopic (exact) mass is 544 g/mol. The molecular formula is C20H21F7N5O3S+. The van der Waals surface area contributed by atoms with Crippen molar-refractivity contribution < 1.29 is 49.7 Å². The molecule has 0 spiro atoms. The average Bonchev–Trinajstić information content (AvgIpc) is 3.11. The topological polar surface area (TPSA) is 112 Å². The molecule has 36 heavy (non-hydrogen) atoms. The van der Waals surface area contributed by atoms with Gasteiger partial charge in [-0.25, -0.2) is 26.6 Å². The van der Waals surface area contributed by atoms with Crippen molar-refractivity contribution in [3.05, 3.63) is 35.3 Å². The lowest BCUT2D eigenvalue weighted by Gasteiger charge is -2.44. The van der Waals surface area contributed by atoms with Gasteiger partial charge in [-0.1, -0.05) is 6.92 Å². The molecule has 2 saturated carbocycles. The van der Waals surface area contributed by atoms with E-state index >= 15 is 0 Å². The van der Waals surface area contributed by atoms with Crippen LogP contribution in [0.5, 0.6) is 0 Å². The first-order valence-corrected chi connectivity index (χ1v) is 12.4. The molecular weight excluding hydrogens is 523 g/mol. The van der Waals surface area contributed by atoms with Crippen molar-refractivity contribution in [3.63, 3.8) is 0 Å². The van der Waals surface area contributed by atoms with E-state index < -0.39 is 92.8 Å². The molecule has 0 bridgehead atoms. The number of amides is 1. The lowest BCUT2D eigenvalue weighted by molar-refractivity contribution is -0.932. The van der Waals surface area contributed by atoms with Crippen LogP contribution < -0.4 is 10.0 Å². The Morgan fingerprint density at radius 1 is 1.36 bits per heavy atom. The minimum Gasteiger partial charge on any atom is -0.320 e. The summed E-state index contributed by atoms with van der Waals surface area (Å²) in [5.74, 6) is -4.55. The van der Waals surface area contributed by atoms with Gasteiger partial charge < -0.3 is 5.32 Å². The summed E-state index contributed by atoms with van der Waals surface area (Å²) in [5.41, 5.74) is -9.02. The van der Waals surface area contributed by atoms with Gasteiger partial charge in [0.05, 0.1) is 5.69 Å². The molecule has 3 unspecified atom stereocenters. The molecule has 198 valence electrons. The highest BCUT2D eigenvalue weighted by Gasteiger charge is 2.64. The summed E-state index contributed by atoms with van der Waals surface area (Å²) < 4.78 is 118. The summed E-state index contributed by atoms with van der Waals surface area (Å²) in [6.07, 6.45) is -8.15. The molecule has 3 N–H and O–H groups in total. The average molecular weight is 544 g/mol. The number of pyridine rings is 1. The maximum absolute atomic E-state index is 14.9. The number of halogens is 7.